The maximum atomic E-state index is 13.5. The minimum atomic E-state index is -1.02. The molecular weight excluding hydrogens is 542 g/mol. The number of benzene rings is 3. The molecule has 1 saturated carbocycles. The normalized spacial score (nSPS) is 17.5. The van der Waals surface area contributed by atoms with E-state index in [1.165, 1.54) is 6.20 Å². The van der Waals surface area contributed by atoms with Crippen LogP contribution in [0.3, 0.4) is 0 Å². The molecule has 1 aliphatic carbocycles. The van der Waals surface area contributed by atoms with Gasteiger partial charge in [0.15, 0.2) is 0 Å². The van der Waals surface area contributed by atoms with Crippen molar-refractivity contribution in [2.75, 3.05) is 20.2 Å². The van der Waals surface area contributed by atoms with Gasteiger partial charge in [-0.25, -0.2) is 9.48 Å². The molecule has 2 aliphatic rings. The monoisotopic (exact) mass is 579 g/mol. The molecule has 1 aromatic heterocycles. The van der Waals surface area contributed by atoms with Gasteiger partial charge in [-0.15, -0.1) is 0 Å². The number of para-hydroxylation sites is 1. The number of amides is 1. The molecule has 2 heterocycles. The summed E-state index contributed by atoms with van der Waals surface area (Å²) in [5.74, 6) is -0.248. The van der Waals surface area contributed by atoms with Gasteiger partial charge in [-0.2, -0.15) is 5.10 Å². The van der Waals surface area contributed by atoms with E-state index in [0.29, 0.717) is 36.7 Å². The first-order valence-corrected chi connectivity index (χ1v) is 14.6. The summed E-state index contributed by atoms with van der Waals surface area (Å²) in [6.45, 7) is 5.42. The molecule has 3 aromatic carbocycles. The molecule has 0 spiro atoms. The molecule has 222 valence electrons. The number of hydrogen-bond donors (Lipinski definition) is 3. The van der Waals surface area contributed by atoms with Crippen molar-refractivity contribution in [3.05, 3.63) is 113 Å². The zero-order valence-corrected chi connectivity index (χ0v) is 24.7. The molecule has 4 aromatic rings. The number of aromatic carboxylic acids is 1. The predicted molar refractivity (Wildman–Crippen MR) is 166 cm³/mol. The van der Waals surface area contributed by atoms with Gasteiger partial charge in [0, 0.05) is 48.5 Å². The lowest BCUT2D eigenvalue weighted by atomic mass is 10.0. The van der Waals surface area contributed by atoms with Crippen molar-refractivity contribution in [3.63, 3.8) is 0 Å². The van der Waals surface area contributed by atoms with E-state index in [0.717, 1.165) is 34.5 Å². The van der Waals surface area contributed by atoms with Crippen LogP contribution in [0.1, 0.15) is 58.2 Å². The van der Waals surface area contributed by atoms with Crippen LogP contribution in [0, 0.1) is 5.92 Å². The number of nitrogens with zero attached hydrogens (tertiary/aromatic N) is 3. The maximum absolute atomic E-state index is 13.5. The Morgan fingerprint density at radius 3 is 2.56 bits per heavy atom. The Balaban J connectivity index is 0.00000180. The van der Waals surface area contributed by atoms with Crippen LogP contribution in [0.2, 0.25) is 0 Å². The molecule has 0 bridgehead atoms. The summed E-state index contributed by atoms with van der Waals surface area (Å²) >= 11 is 0. The number of nitrogens with one attached hydrogen (secondary N) is 1. The number of ether oxygens (including phenoxy) is 1. The zero-order chi connectivity index (χ0) is 30.5. The summed E-state index contributed by atoms with van der Waals surface area (Å²) in [6, 6.07) is 23.1. The van der Waals surface area contributed by atoms with Crippen LogP contribution in [0.5, 0.6) is 5.75 Å². The summed E-state index contributed by atoms with van der Waals surface area (Å²) in [6.07, 6.45) is 3.91. The highest BCUT2D eigenvalue weighted by molar-refractivity contribution is 5.95. The Bertz CT molecular complexity index is 1660. The van der Waals surface area contributed by atoms with Crippen LogP contribution < -0.4 is 15.8 Å². The number of carboxylic acids is 1. The number of allylic oxidation sites excluding steroid dienone is 1. The van der Waals surface area contributed by atoms with Gasteiger partial charge in [0.2, 0.25) is 0 Å². The van der Waals surface area contributed by atoms with E-state index in [9.17, 15) is 14.7 Å². The average molecular weight is 580 g/mol. The van der Waals surface area contributed by atoms with Crippen molar-refractivity contribution in [2.45, 2.75) is 32.7 Å². The minimum Gasteiger partial charge on any atom is -0.491 e. The molecule has 1 amide bonds. The number of hydrogen-bond acceptors (Lipinski definition) is 6. The number of carbonyl (C=O) groups is 2. The standard InChI is InChI=1S/C32H31N5O4.C2H6/c1-34-18-28(33)25-16-26(25)30-27(32(39)40)17-35-37(30)24-10-5-8-21(15-24)20-7-4-9-22(14-20)31(38)36-12-13-41-29-11-3-2-6-23(29)19-36;1-2/h2-11,14-15,17-18,25-26,34H,12-13,16,19,33H2,1H3,(H,39,40);1-2H3/b28-18-;/t25?,26-;/m1./s1. The Morgan fingerprint density at radius 1 is 1.05 bits per heavy atom. The Kier molecular flexibility index (Phi) is 8.80. The van der Waals surface area contributed by atoms with Gasteiger partial charge in [0.05, 0.1) is 24.1 Å². The molecule has 0 radical (unpaired) electrons. The number of carboxylic acid groups (broad SMARTS) is 1. The van der Waals surface area contributed by atoms with Crippen LogP contribution in [-0.4, -0.2) is 51.9 Å². The second-order valence-corrected chi connectivity index (χ2v) is 10.4. The summed E-state index contributed by atoms with van der Waals surface area (Å²) in [4.78, 5) is 27.4. The highest BCUT2D eigenvalue weighted by atomic mass is 16.5. The van der Waals surface area contributed by atoms with E-state index in [1.807, 2.05) is 91.5 Å². The topological polar surface area (TPSA) is 123 Å². The van der Waals surface area contributed by atoms with E-state index in [4.69, 9.17) is 10.5 Å². The lowest BCUT2D eigenvalue weighted by Crippen LogP contribution is -2.32. The molecule has 2 atom stereocenters. The molecule has 1 fully saturated rings. The highest BCUT2D eigenvalue weighted by Gasteiger charge is 2.45. The number of rotatable bonds is 7. The fourth-order valence-corrected chi connectivity index (χ4v) is 5.56. The van der Waals surface area contributed by atoms with E-state index < -0.39 is 5.97 Å². The number of fused-ring (bicyclic) bond motifs is 1. The molecule has 9 heteroatoms. The molecule has 0 saturated heterocycles. The summed E-state index contributed by atoms with van der Waals surface area (Å²) in [5.41, 5.74) is 11.8. The predicted octanol–water partition coefficient (Wildman–Crippen LogP) is 5.42. The van der Waals surface area contributed by atoms with Crippen LogP contribution in [-0.2, 0) is 6.54 Å². The fourth-order valence-electron chi connectivity index (χ4n) is 5.56. The quantitative estimate of drug-likeness (QED) is 0.267. The minimum absolute atomic E-state index is 0.0412. The first kappa shape index (κ1) is 29.4. The molecule has 1 unspecified atom stereocenters. The third-order valence-corrected chi connectivity index (χ3v) is 7.69. The summed E-state index contributed by atoms with van der Waals surface area (Å²) < 4.78 is 7.54. The Hall–Kier alpha value is -5.05. The SMILES string of the molecule is CC.CN/C=C(\N)C1C[C@H]1c1c(C(=O)O)cnn1-c1cccc(-c2cccc(C(=O)N3CCOc4ccccc4C3)c2)c1. The van der Waals surface area contributed by atoms with Crippen molar-refractivity contribution in [1.29, 1.82) is 0 Å². The summed E-state index contributed by atoms with van der Waals surface area (Å²) in [5, 5.41) is 17.3. The van der Waals surface area contributed by atoms with E-state index >= 15 is 0 Å². The van der Waals surface area contributed by atoms with Crippen molar-refractivity contribution in [1.82, 2.24) is 20.0 Å². The van der Waals surface area contributed by atoms with Crippen molar-refractivity contribution in [3.8, 4) is 22.6 Å². The molecule has 43 heavy (non-hydrogen) atoms. The first-order valence-electron chi connectivity index (χ1n) is 14.6. The van der Waals surface area contributed by atoms with Crippen LogP contribution in [0.25, 0.3) is 16.8 Å². The molecule has 1 aliphatic heterocycles. The fraction of sp³-hybridized carbons (Fsp3) is 0.265. The van der Waals surface area contributed by atoms with Gasteiger partial charge < -0.3 is 25.8 Å². The van der Waals surface area contributed by atoms with E-state index in [1.54, 1.807) is 17.9 Å². The second kappa shape index (κ2) is 12.9. The average Bonchev–Trinajstić information content (AvgIpc) is 3.76. The zero-order valence-electron chi connectivity index (χ0n) is 24.7. The van der Waals surface area contributed by atoms with E-state index in [2.05, 4.69) is 10.4 Å². The van der Waals surface area contributed by atoms with Gasteiger partial charge in [-0.05, 0) is 47.9 Å². The van der Waals surface area contributed by atoms with E-state index in [-0.39, 0.29) is 23.3 Å². The summed E-state index contributed by atoms with van der Waals surface area (Å²) in [7, 11) is 1.78. The largest absolute Gasteiger partial charge is 0.491 e. The second-order valence-electron chi connectivity index (χ2n) is 10.4. The maximum Gasteiger partial charge on any atom is 0.339 e. The molecular formula is C34H37N5O4. The van der Waals surface area contributed by atoms with Gasteiger partial charge in [-0.1, -0.05) is 56.3 Å². The van der Waals surface area contributed by atoms with Gasteiger partial charge in [0.1, 0.15) is 17.9 Å². The van der Waals surface area contributed by atoms with Gasteiger partial charge >= 0.3 is 5.97 Å². The number of carbonyl (C=O) groups excluding carboxylic acids is 1. The van der Waals surface area contributed by atoms with Crippen LogP contribution >= 0.6 is 0 Å². The Labute approximate surface area is 251 Å². The highest BCUT2D eigenvalue weighted by Crippen LogP contribution is 2.51. The third kappa shape index (κ3) is 6.11. The molecule has 9 nitrogen and oxygen atoms in total. The van der Waals surface area contributed by atoms with Crippen LogP contribution in [0.4, 0.5) is 0 Å². The number of nitrogens with two attached hydrogens (primary N) is 1. The smallest absolute Gasteiger partial charge is 0.339 e. The molecule has 4 N–H and O–H groups in total. The van der Waals surface area contributed by atoms with Crippen LogP contribution in [0.15, 0.2) is 90.9 Å². The number of aromatic nitrogens is 2. The van der Waals surface area contributed by atoms with Crippen molar-refractivity contribution >= 4 is 11.9 Å². The Morgan fingerprint density at radius 2 is 1.79 bits per heavy atom. The third-order valence-electron chi connectivity index (χ3n) is 7.69. The van der Waals surface area contributed by atoms with Gasteiger partial charge in [-0.3, -0.25) is 4.79 Å². The molecule has 6 rings (SSSR count). The van der Waals surface area contributed by atoms with Gasteiger partial charge in [0.25, 0.3) is 5.91 Å². The lowest BCUT2D eigenvalue weighted by Gasteiger charge is -2.20. The van der Waals surface area contributed by atoms with Crippen molar-refractivity contribution < 1.29 is 19.4 Å². The van der Waals surface area contributed by atoms with Crippen molar-refractivity contribution in [2.24, 2.45) is 11.7 Å². The first-order chi connectivity index (χ1) is 20.9. The lowest BCUT2D eigenvalue weighted by molar-refractivity contribution is 0.0693.